The summed E-state index contributed by atoms with van der Waals surface area (Å²) in [7, 11) is 0. The third-order valence-electron chi connectivity index (χ3n) is 4.10. The van der Waals surface area contributed by atoms with Crippen molar-refractivity contribution in [2.75, 3.05) is 11.9 Å². The first-order chi connectivity index (χ1) is 12.1. The molecule has 0 spiro atoms. The van der Waals surface area contributed by atoms with Crippen LogP contribution >= 0.6 is 0 Å². The van der Waals surface area contributed by atoms with Crippen molar-refractivity contribution in [3.63, 3.8) is 0 Å². The van der Waals surface area contributed by atoms with Crippen LogP contribution in [0, 0.1) is 0 Å². The van der Waals surface area contributed by atoms with Gasteiger partial charge < -0.3 is 21.3 Å². The zero-order valence-corrected chi connectivity index (χ0v) is 14.0. The molecule has 1 saturated heterocycles. The van der Waals surface area contributed by atoms with Crippen LogP contribution in [0.25, 0.3) is 0 Å². The van der Waals surface area contributed by atoms with Gasteiger partial charge in [0.15, 0.2) is 0 Å². The van der Waals surface area contributed by atoms with Crippen molar-refractivity contribution >= 4 is 23.5 Å². The van der Waals surface area contributed by atoms with Gasteiger partial charge in [-0.1, -0.05) is 12.1 Å². The maximum atomic E-state index is 12.6. The summed E-state index contributed by atoms with van der Waals surface area (Å²) in [6, 6.07) is 4.11. The molecule has 1 aromatic carbocycles. The summed E-state index contributed by atoms with van der Waals surface area (Å²) in [6.45, 7) is 1.57. The molecule has 4 N–H and O–H groups in total. The molecule has 1 heterocycles. The van der Waals surface area contributed by atoms with Gasteiger partial charge in [-0.15, -0.1) is 0 Å². The van der Waals surface area contributed by atoms with Gasteiger partial charge in [-0.25, -0.2) is 4.79 Å². The average Bonchev–Trinajstić information content (AvgIpc) is 3.02. The van der Waals surface area contributed by atoms with E-state index in [1.54, 1.807) is 31.2 Å². The summed E-state index contributed by atoms with van der Waals surface area (Å²) >= 11 is 0. The van der Waals surface area contributed by atoms with Crippen molar-refractivity contribution in [1.29, 1.82) is 0 Å². The minimum absolute atomic E-state index is 0.0989. The SMILES string of the molecule is C[C@H](NC(=O)[C@@H]1CCCN1C(=O)C(F)(F)F)c1ccc(NC(N)=O)cc1. The van der Waals surface area contributed by atoms with Crippen molar-refractivity contribution in [3.05, 3.63) is 29.8 Å². The summed E-state index contributed by atoms with van der Waals surface area (Å²) in [5, 5.41) is 5.01. The fourth-order valence-electron chi connectivity index (χ4n) is 2.84. The van der Waals surface area contributed by atoms with E-state index in [1.807, 2.05) is 0 Å². The number of carbonyl (C=O) groups is 3. The first-order valence-electron chi connectivity index (χ1n) is 7.94. The molecule has 1 fully saturated rings. The second-order valence-electron chi connectivity index (χ2n) is 6.00. The van der Waals surface area contributed by atoms with Crippen molar-refractivity contribution in [2.24, 2.45) is 5.73 Å². The summed E-state index contributed by atoms with van der Waals surface area (Å²) < 4.78 is 37.9. The van der Waals surface area contributed by atoms with E-state index in [4.69, 9.17) is 5.73 Å². The molecule has 0 unspecified atom stereocenters. The quantitative estimate of drug-likeness (QED) is 0.752. The van der Waals surface area contributed by atoms with Gasteiger partial charge in [-0.2, -0.15) is 13.2 Å². The molecule has 2 rings (SSSR count). The third-order valence-corrected chi connectivity index (χ3v) is 4.10. The Hall–Kier alpha value is -2.78. The van der Waals surface area contributed by atoms with Crippen molar-refractivity contribution < 1.29 is 27.6 Å². The van der Waals surface area contributed by atoms with Crippen LogP contribution in [0.3, 0.4) is 0 Å². The fraction of sp³-hybridized carbons (Fsp3) is 0.438. The maximum absolute atomic E-state index is 12.6. The molecule has 4 amide bonds. The Kier molecular flexibility index (Phi) is 5.73. The predicted molar refractivity (Wildman–Crippen MR) is 87.0 cm³/mol. The molecule has 26 heavy (non-hydrogen) atoms. The van der Waals surface area contributed by atoms with Gasteiger partial charge in [-0.05, 0) is 37.5 Å². The molecule has 1 aliphatic heterocycles. The van der Waals surface area contributed by atoms with Crippen LogP contribution < -0.4 is 16.4 Å². The van der Waals surface area contributed by atoms with E-state index >= 15 is 0 Å². The van der Waals surface area contributed by atoms with E-state index in [9.17, 15) is 27.6 Å². The maximum Gasteiger partial charge on any atom is 0.471 e. The van der Waals surface area contributed by atoms with Crippen molar-refractivity contribution in [2.45, 2.75) is 38.0 Å². The molecule has 1 aromatic rings. The number of benzene rings is 1. The normalized spacial score (nSPS) is 18.3. The Bertz CT molecular complexity index is 691. The third kappa shape index (κ3) is 4.64. The highest BCUT2D eigenvalue weighted by Gasteiger charge is 2.47. The number of carbonyl (C=O) groups excluding carboxylic acids is 3. The number of hydrogen-bond acceptors (Lipinski definition) is 3. The number of hydrogen-bond donors (Lipinski definition) is 3. The number of primary amides is 1. The van der Waals surface area contributed by atoms with Crippen LogP contribution in [0.1, 0.15) is 31.4 Å². The highest BCUT2D eigenvalue weighted by molar-refractivity contribution is 5.90. The lowest BCUT2D eigenvalue weighted by atomic mass is 10.1. The van der Waals surface area contributed by atoms with Crippen molar-refractivity contribution in [3.8, 4) is 0 Å². The lowest BCUT2D eigenvalue weighted by molar-refractivity contribution is -0.186. The van der Waals surface area contributed by atoms with E-state index in [-0.39, 0.29) is 13.0 Å². The summed E-state index contributed by atoms with van der Waals surface area (Å²) in [5.41, 5.74) is 6.16. The largest absolute Gasteiger partial charge is 0.471 e. The number of amides is 4. The highest BCUT2D eigenvalue weighted by Crippen LogP contribution is 2.26. The Morgan fingerprint density at radius 2 is 1.85 bits per heavy atom. The van der Waals surface area contributed by atoms with E-state index in [0.717, 1.165) is 0 Å². The molecule has 2 atom stereocenters. The number of likely N-dealkylation sites (tertiary alicyclic amines) is 1. The first-order valence-corrected chi connectivity index (χ1v) is 7.94. The number of rotatable bonds is 4. The van der Waals surface area contributed by atoms with Gasteiger partial charge in [0.25, 0.3) is 0 Å². The van der Waals surface area contributed by atoms with E-state index in [0.29, 0.717) is 22.6 Å². The number of alkyl halides is 3. The Morgan fingerprint density at radius 1 is 1.23 bits per heavy atom. The lowest BCUT2D eigenvalue weighted by Gasteiger charge is -2.26. The Labute approximate surface area is 147 Å². The zero-order chi connectivity index (χ0) is 19.5. The Morgan fingerprint density at radius 3 is 2.38 bits per heavy atom. The standard InChI is InChI=1S/C16H19F3N4O3/c1-9(10-4-6-11(7-5-10)22-15(20)26)21-13(24)12-3-2-8-23(12)14(25)16(17,18)19/h4-7,9,12H,2-3,8H2,1H3,(H,21,24)(H3,20,22,26)/t9-,12-/m0/s1. The van der Waals surface area contributed by atoms with Gasteiger partial charge in [0.1, 0.15) is 6.04 Å². The minimum atomic E-state index is -5.00. The van der Waals surface area contributed by atoms with Crippen LogP contribution in [0.2, 0.25) is 0 Å². The second kappa shape index (κ2) is 7.63. The molecule has 10 heteroatoms. The smallest absolute Gasteiger partial charge is 0.351 e. The number of urea groups is 1. The molecular formula is C16H19F3N4O3. The molecule has 0 aromatic heterocycles. The molecule has 1 aliphatic rings. The molecule has 0 radical (unpaired) electrons. The zero-order valence-electron chi connectivity index (χ0n) is 14.0. The first kappa shape index (κ1) is 19.5. The van der Waals surface area contributed by atoms with E-state index in [2.05, 4.69) is 10.6 Å². The van der Waals surface area contributed by atoms with Crippen molar-refractivity contribution in [1.82, 2.24) is 10.2 Å². The number of nitrogens with zero attached hydrogens (tertiary/aromatic N) is 1. The van der Waals surface area contributed by atoms with E-state index in [1.165, 1.54) is 0 Å². The van der Waals surface area contributed by atoms with Crippen LogP contribution in [-0.2, 0) is 9.59 Å². The van der Waals surface area contributed by atoms with Crippen LogP contribution in [0.15, 0.2) is 24.3 Å². The van der Waals surface area contributed by atoms with E-state index < -0.39 is 36.1 Å². The average molecular weight is 372 g/mol. The van der Waals surface area contributed by atoms with Crippen LogP contribution in [0.5, 0.6) is 0 Å². The molecule has 0 bridgehead atoms. The van der Waals surface area contributed by atoms with Gasteiger partial charge >= 0.3 is 18.1 Å². The fourth-order valence-corrected chi connectivity index (χ4v) is 2.84. The van der Waals surface area contributed by atoms with Crippen LogP contribution in [-0.4, -0.2) is 41.5 Å². The predicted octanol–water partition coefficient (Wildman–Crippen LogP) is 1.91. The Balaban J connectivity index is 2.02. The number of nitrogens with two attached hydrogens (primary N) is 1. The second-order valence-corrected chi connectivity index (χ2v) is 6.00. The highest BCUT2D eigenvalue weighted by atomic mass is 19.4. The monoisotopic (exact) mass is 372 g/mol. The molecule has 7 nitrogen and oxygen atoms in total. The van der Waals surface area contributed by atoms with Crippen LogP contribution in [0.4, 0.5) is 23.7 Å². The minimum Gasteiger partial charge on any atom is -0.351 e. The molecule has 142 valence electrons. The molecular weight excluding hydrogens is 353 g/mol. The van der Waals surface area contributed by atoms with Gasteiger partial charge in [-0.3, -0.25) is 9.59 Å². The lowest BCUT2D eigenvalue weighted by Crippen LogP contribution is -2.50. The number of anilines is 1. The summed E-state index contributed by atoms with van der Waals surface area (Å²) in [6.07, 6.45) is -4.48. The summed E-state index contributed by atoms with van der Waals surface area (Å²) in [5.74, 6) is -2.63. The topological polar surface area (TPSA) is 105 Å². The van der Waals surface area contributed by atoms with Gasteiger partial charge in [0.2, 0.25) is 5.91 Å². The van der Waals surface area contributed by atoms with Gasteiger partial charge in [0.05, 0.1) is 6.04 Å². The number of halogens is 3. The molecule has 0 saturated carbocycles. The summed E-state index contributed by atoms with van der Waals surface area (Å²) in [4.78, 5) is 35.1. The van der Waals surface area contributed by atoms with Gasteiger partial charge in [0, 0.05) is 12.2 Å². The number of nitrogens with one attached hydrogen (secondary N) is 2. The molecule has 0 aliphatic carbocycles.